The van der Waals surface area contributed by atoms with E-state index in [0.717, 1.165) is 17.8 Å². The van der Waals surface area contributed by atoms with Crippen LogP contribution in [0.1, 0.15) is 29.8 Å². The zero-order valence-corrected chi connectivity index (χ0v) is 19.0. The number of terminal acetylenes is 1. The molecular weight excluding hydrogens is 492 g/mol. The number of hydrogen-bond acceptors (Lipinski definition) is 3. The van der Waals surface area contributed by atoms with E-state index in [0.29, 0.717) is 12.1 Å². The molecule has 1 N–H and O–H groups in total. The number of alkyl halides is 6. The maximum Gasteiger partial charge on any atom is 0.430 e. The molecule has 3 rings (SSSR count). The molecule has 33 heavy (non-hydrogen) atoms. The van der Waals surface area contributed by atoms with E-state index in [4.69, 9.17) is 11.6 Å². The molecule has 1 aliphatic heterocycles. The summed E-state index contributed by atoms with van der Waals surface area (Å²) in [5, 5.41) is 9.75. The Labute approximate surface area is 196 Å². The van der Waals surface area contributed by atoms with Crippen LogP contribution in [0.5, 0.6) is 0 Å². The first kappa shape index (κ1) is 28.7. The summed E-state index contributed by atoms with van der Waals surface area (Å²) in [6, 6.07) is 8.26. The number of fused-ring (bicyclic) bond motifs is 1. The Kier molecular flexibility index (Phi) is 9.72. The summed E-state index contributed by atoms with van der Waals surface area (Å²) in [6.07, 6.45) is -3.96. The van der Waals surface area contributed by atoms with Gasteiger partial charge in [0.25, 0.3) is 11.5 Å². The van der Waals surface area contributed by atoms with Gasteiger partial charge in [0.05, 0.1) is 16.3 Å². The minimum absolute atomic E-state index is 0.0149. The van der Waals surface area contributed by atoms with E-state index in [1.807, 2.05) is 13.8 Å². The quantitative estimate of drug-likeness (QED) is 0.361. The molecule has 180 valence electrons. The Morgan fingerprint density at radius 1 is 1.03 bits per heavy atom. The van der Waals surface area contributed by atoms with Crippen molar-refractivity contribution in [1.29, 1.82) is 0 Å². The van der Waals surface area contributed by atoms with Crippen LogP contribution in [-0.4, -0.2) is 35.7 Å². The van der Waals surface area contributed by atoms with E-state index in [1.54, 1.807) is 12.1 Å². The van der Waals surface area contributed by atoms with Gasteiger partial charge in [0, 0.05) is 22.8 Å². The van der Waals surface area contributed by atoms with Crippen LogP contribution < -0.4 is 4.90 Å². The second-order valence-corrected chi connectivity index (χ2v) is 7.72. The van der Waals surface area contributed by atoms with Gasteiger partial charge in [-0.3, -0.25) is 4.79 Å². The lowest BCUT2D eigenvalue weighted by atomic mass is 9.92. The van der Waals surface area contributed by atoms with E-state index in [1.165, 1.54) is 17.0 Å². The van der Waals surface area contributed by atoms with Crippen molar-refractivity contribution in [2.75, 3.05) is 17.2 Å². The predicted octanol–water partition coefficient (Wildman–Crippen LogP) is 6.68. The number of carbonyl (C=O) groups is 1. The molecule has 11 heteroatoms. The normalized spacial score (nSPS) is 13.6. The van der Waals surface area contributed by atoms with Crippen molar-refractivity contribution in [3.8, 4) is 12.8 Å². The Bertz CT molecular complexity index is 977. The molecule has 0 aromatic heterocycles. The van der Waals surface area contributed by atoms with Gasteiger partial charge in [0.15, 0.2) is 0 Å². The van der Waals surface area contributed by atoms with Crippen molar-refractivity contribution < 1.29 is 36.2 Å². The fourth-order valence-electron chi connectivity index (χ4n) is 2.92. The van der Waals surface area contributed by atoms with Crippen LogP contribution in [-0.2, 0) is 5.60 Å². The Morgan fingerprint density at radius 3 is 2.09 bits per heavy atom. The molecule has 2 aromatic rings. The van der Waals surface area contributed by atoms with Gasteiger partial charge in [-0.05, 0) is 24.3 Å². The number of aliphatic hydroxyl groups is 1. The van der Waals surface area contributed by atoms with Gasteiger partial charge < -0.3 is 10.0 Å². The fourth-order valence-corrected chi connectivity index (χ4v) is 4.17. The zero-order chi connectivity index (χ0) is 25.6. The standard InChI is InChI=1S/C18H12ClF6NO2S.C2H6.C2H2/c19-12-4-2-1-3-11(12)15(27)26-7-8-29-14-9-10(5-6-13(14)26)16(28,17(20,21)22)18(23,24)25;2*1-2/h1-6,9,28H,7-8H2;1-2H3;1-2H. The monoisotopic (exact) mass is 511 g/mol. The topological polar surface area (TPSA) is 40.5 Å². The van der Waals surface area contributed by atoms with Crippen molar-refractivity contribution in [2.45, 2.75) is 36.7 Å². The lowest BCUT2D eigenvalue weighted by molar-refractivity contribution is -0.376. The third kappa shape index (κ3) is 5.60. The van der Waals surface area contributed by atoms with Crippen LogP contribution in [0.25, 0.3) is 0 Å². The summed E-state index contributed by atoms with van der Waals surface area (Å²) in [7, 11) is 0. The molecule has 0 aliphatic carbocycles. The van der Waals surface area contributed by atoms with E-state index < -0.39 is 29.4 Å². The molecule has 1 aliphatic rings. The Balaban J connectivity index is 0.00000129. The number of halogens is 7. The molecule has 0 saturated heterocycles. The summed E-state index contributed by atoms with van der Waals surface area (Å²) < 4.78 is 78.8. The molecule has 0 unspecified atom stereocenters. The molecule has 0 spiro atoms. The van der Waals surface area contributed by atoms with Gasteiger partial charge in [-0.1, -0.05) is 43.6 Å². The van der Waals surface area contributed by atoms with Gasteiger partial charge in [-0.15, -0.1) is 24.6 Å². The third-order valence-corrected chi connectivity index (χ3v) is 5.77. The average Bonchev–Trinajstić information content (AvgIpc) is 2.78. The second-order valence-electron chi connectivity index (χ2n) is 6.17. The van der Waals surface area contributed by atoms with Crippen molar-refractivity contribution in [2.24, 2.45) is 0 Å². The number of benzene rings is 2. The van der Waals surface area contributed by atoms with Crippen LogP contribution >= 0.6 is 23.4 Å². The molecule has 0 saturated carbocycles. The fraction of sp³-hybridized carbons (Fsp3) is 0.318. The minimum Gasteiger partial charge on any atom is -0.369 e. The molecular formula is C22H20ClF6NO2S. The van der Waals surface area contributed by atoms with Crippen molar-refractivity contribution >= 4 is 35.0 Å². The van der Waals surface area contributed by atoms with Crippen LogP contribution in [0, 0.1) is 12.8 Å². The Hall–Kier alpha value is -2.35. The average molecular weight is 512 g/mol. The SMILES string of the molecule is C#C.CC.O=C(c1ccccc1Cl)N1CCSc2cc(C(O)(C(F)(F)F)C(F)(F)F)ccc21. The van der Waals surface area contributed by atoms with Crippen LogP contribution in [0.15, 0.2) is 47.4 Å². The summed E-state index contributed by atoms with van der Waals surface area (Å²) in [6.45, 7) is 4.18. The predicted molar refractivity (Wildman–Crippen MR) is 118 cm³/mol. The maximum absolute atomic E-state index is 13.1. The van der Waals surface area contributed by atoms with Crippen LogP contribution in [0.2, 0.25) is 5.02 Å². The zero-order valence-electron chi connectivity index (χ0n) is 17.5. The molecule has 1 heterocycles. The molecule has 0 radical (unpaired) electrons. The van der Waals surface area contributed by atoms with E-state index in [9.17, 15) is 36.2 Å². The first-order valence-corrected chi connectivity index (χ1v) is 10.8. The maximum atomic E-state index is 13.1. The molecule has 0 fully saturated rings. The highest BCUT2D eigenvalue weighted by Crippen LogP contribution is 2.51. The van der Waals surface area contributed by atoms with Crippen LogP contribution in [0.4, 0.5) is 32.0 Å². The summed E-state index contributed by atoms with van der Waals surface area (Å²) in [4.78, 5) is 14.1. The molecule has 1 amide bonds. The number of anilines is 1. The lowest BCUT2D eigenvalue weighted by Gasteiger charge is -2.35. The van der Waals surface area contributed by atoms with E-state index in [2.05, 4.69) is 12.8 Å². The van der Waals surface area contributed by atoms with Gasteiger partial charge in [-0.2, -0.15) is 26.3 Å². The highest BCUT2D eigenvalue weighted by molar-refractivity contribution is 7.99. The number of hydrogen-bond donors (Lipinski definition) is 1. The highest BCUT2D eigenvalue weighted by atomic mass is 35.5. The van der Waals surface area contributed by atoms with Crippen molar-refractivity contribution in [3.63, 3.8) is 0 Å². The number of rotatable bonds is 2. The molecule has 0 atom stereocenters. The van der Waals surface area contributed by atoms with Gasteiger partial charge >= 0.3 is 12.4 Å². The van der Waals surface area contributed by atoms with Gasteiger partial charge in [-0.25, -0.2) is 0 Å². The smallest absolute Gasteiger partial charge is 0.369 e. The number of nitrogens with zero attached hydrogens (tertiary/aromatic N) is 1. The molecule has 0 bridgehead atoms. The lowest BCUT2D eigenvalue weighted by Crippen LogP contribution is -2.54. The van der Waals surface area contributed by atoms with Crippen LogP contribution in [0.3, 0.4) is 0 Å². The minimum atomic E-state index is -5.98. The van der Waals surface area contributed by atoms with E-state index in [-0.39, 0.29) is 33.5 Å². The Morgan fingerprint density at radius 2 is 1.58 bits per heavy atom. The number of carbonyl (C=O) groups excluding carboxylic acids is 1. The highest BCUT2D eigenvalue weighted by Gasteiger charge is 2.71. The summed E-state index contributed by atoms with van der Waals surface area (Å²) in [5.41, 5.74) is -6.10. The van der Waals surface area contributed by atoms with Crippen molar-refractivity contribution in [3.05, 3.63) is 58.6 Å². The molecule has 3 nitrogen and oxygen atoms in total. The van der Waals surface area contributed by atoms with E-state index >= 15 is 0 Å². The van der Waals surface area contributed by atoms with Crippen molar-refractivity contribution in [1.82, 2.24) is 0 Å². The third-order valence-electron chi connectivity index (χ3n) is 4.41. The molecule has 2 aromatic carbocycles. The second kappa shape index (κ2) is 11.2. The number of thioether (sulfide) groups is 1. The van der Waals surface area contributed by atoms with Gasteiger partial charge in [0.1, 0.15) is 0 Å². The number of amides is 1. The largest absolute Gasteiger partial charge is 0.430 e. The van der Waals surface area contributed by atoms with Gasteiger partial charge in [0.2, 0.25) is 0 Å². The first-order valence-electron chi connectivity index (χ1n) is 9.41. The summed E-state index contributed by atoms with van der Waals surface area (Å²) >= 11 is 7.00. The summed E-state index contributed by atoms with van der Waals surface area (Å²) in [5.74, 6) is -0.296. The first-order chi connectivity index (χ1) is 15.4.